The van der Waals surface area contributed by atoms with Gasteiger partial charge in [-0.3, -0.25) is 0 Å². The molecular weight excluding hydrogens is 336 g/mol. The van der Waals surface area contributed by atoms with Crippen LogP contribution < -0.4 is 4.90 Å². The fraction of sp³-hybridized carbons (Fsp3) is 0.739. The summed E-state index contributed by atoms with van der Waals surface area (Å²) in [5.41, 5.74) is 6.41. The third-order valence-corrected chi connectivity index (χ3v) is 6.26. The molecule has 0 radical (unpaired) electrons. The monoisotopic (exact) mass is 374 g/mol. The normalized spacial score (nSPS) is 20.3. The van der Waals surface area contributed by atoms with Gasteiger partial charge in [0, 0.05) is 29.5 Å². The maximum atomic E-state index is 5.10. The van der Waals surface area contributed by atoms with Crippen molar-refractivity contribution in [2.45, 2.75) is 86.0 Å². The summed E-state index contributed by atoms with van der Waals surface area (Å²) in [6.45, 7) is 13.7. The number of aromatic nitrogens is 1. The molecule has 0 bridgehead atoms. The smallest absolute Gasteiger partial charge is 0.185 e. The molecule has 0 fully saturated rings. The quantitative estimate of drug-likeness (QED) is 0.315. The Balaban J connectivity index is 2.26. The number of hydrogen-bond acceptors (Lipinski definition) is 3. The van der Waals surface area contributed by atoms with Crippen LogP contribution in [0.15, 0.2) is 17.2 Å². The van der Waals surface area contributed by atoms with Crippen LogP contribution in [0.25, 0.3) is 5.57 Å². The van der Waals surface area contributed by atoms with Crippen LogP contribution in [0.1, 0.15) is 91.7 Å². The summed E-state index contributed by atoms with van der Waals surface area (Å²) >= 11 is 1.81. The highest BCUT2D eigenvalue weighted by Crippen LogP contribution is 2.45. The van der Waals surface area contributed by atoms with E-state index in [1.54, 1.807) is 0 Å². The van der Waals surface area contributed by atoms with Gasteiger partial charge in [-0.2, -0.15) is 0 Å². The van der Waals surface area contributed by atoms with Gasteiger partial charge in [0.05, 0.1) is 5.69 Å². The zero-order valence-electron chi connectivity index (χ0n) is 17.6. The Morgan fingerprint density at radius 2 is 2.08 bits per heavy atom. The summed E-state index contributed by atoms with van der Waals surface area (Å²) in [6.07, 6.45) is 12.3. The first-order valence-electron chi connectivity index (χ1n) is 10.7. The Morgan fingerprint density at radius 3 is 2.77 bits per heavy atom. The molecule has 0 saturated heterocycles. The van der Waals surface area contributed by atoms with Crippen molar-refractivity contribution in [3.8, 4) is 0 Å². The van der Waals surface area contributed by atoms with E-state index in [4.69, 9.17) is 4.98 Å². The Hall–Kier alpha value is -1.05. The molecule has 0 saturated carbocycles. The minimum Gasteiger partial charge on any atom is -0.348 e. The van der Waals surface area contributed by atoms with Crippen LogP contribution in [0, 0.1) is 11.3 Å². The molecule has 1 aliphatic carbocycles. The van der Waals surface area contributed by atoms with Gasteiger partial charge in [0.2, 0.25) is 0 Å². The van der Waals surface area contributed by atoms with Crippen LogP contribution in [-0.2, 0) is 0 Å². The number of thiazole rings is 1. The molecule has 1 heterocycles. The number of unbranched alkanes of at least 4 members (excludes halogenated alkanes) is 2. The lowest BCUT2D eigenvalue weighted by Crippen LogP contribution is -2.28. The van der Waals surface area contributed by atoms with Crippen LogP contribution in [0.3, 0.4) is 0 Å². The highest BCUT2D eigenvalue weighted by Gasteiger charge is 2.31. The molecule has 1 unspecified atom stereocenters. The van der Waals surface area contributed by atoms with Gasteiger partial charge < -0.3 is 4.90 Å². The fourth-order valence-electron chi connectivity index (χ4n) is 3.97. The van der Waals surface area contributed by atoms with Crippen molar-refractivity contribution in [2.24, 2.45) is 11.3 Å². The highest BCUT2D eigenvalue weighted by atomic mass is 32.1. The van der Waals surface area contributed by atoms with Crippen molar-refractivity contribution in [2.75, 3.05) is 18.0 Å². The standard InChI is InChI=1S/C23H38N2S/c1-6-8-11-14-23(5)15-12-9-10-13-20(23)21-18-26-22(24-21)25(16-7-2)17-19(3)4/h10,18-19H,6-9,11-12,14-17H2,1-5H3. The van der Waals surface area contributed by atoms with Crippen molar-refractivity contribution >= 4 is 22.0 Å². The van der Waals surface area contributed by atoms with E-state index >= 15 is 0 Å². The molecule has 2 nitrogen and oxygen atoms in total. The van der Waals surface area contributed by atoms with Crippen LogP contribution >= 0.6 is 11.3 Å². The lowest BCUT2D eigenvalue weighted by molar-refractivity contribution is 0.354. The van der Waals surface area contributed by atoms with Gasteiger partial charge in [-0.15, -0.1) is 17.1 Å². The summed E-state index contributed by atoms with van der Waals surface area (Å²) in [4.78, 5) is 7.56. The summed E-state index contributed by atoms with van der Waals surface area (Å²) in [6, 6.07) is 0. The number of nitrogens with zero attached hydrogens (tertiary/aromatic N) is 2. The van der Waals surface area contributed by atoms with E-state index in [2.05, 4.69) is 56.7 Å². The van der Waals surface area contributed by atoms with Gasteiger partial charge in [-0.25, -0.2) is 4.98 Å². The number of anilines is 1. The zero-order valence-corrected chi connectivity index (χ0v) is 18.4. The minimum atomic E-state index is 0.223. The van der Waals surface area contributed by atoms with E-state index in [1.165, 1.54) is 61.3 Å². The van der Waals surface area contributed by atoms with E-state index in [0.717, 1.165) is 19.5 Å². The molecule has 0 spiro atoms. The maximum Gasteiger partial charge on any atom is 0.185 e. The Morgan fingerprint density at radius 1 is 1.27 bits per heavy atom. The second kappa shape index (κ2) is 10.3. The number of rotatable bonds is 10. The molecule has 0 N–H and O–H groups in total. The average molecular weight is 375 g/mol. The summed E-state index contributed by atoms with van der Waals surface area (Å²) in [7, 11) is 0. The minimum absolute atomic E-state index is 0.223. The number of allylic oxidation sites excluding steroid dienone is 1. The van der Waals surface area contributed by atoms with E-state index in [0.29, 0.717) is 5.92 Å². The third-order valence-electron chi connectivity index (χ3n) is 5.36. The molecule has 2 rings (SSSR count). The van der Waals surface area contributed by atoms with E-state index in [1.807, 2.05) is 11.3 Å². The lowest BCUT2D eigenvalue weighted by atomic mass is 9.74. The maximum absolute atomic E-state index is 5.10. The molecule has 0 aliphatic heterocycles. The molecule has 146 valence electrons. The first-order valence-corrected chi connectivity index (χ1v) is 11.5. The molecule has 3 heteroatoms. The predicted molar refractivity (Wildman–Crippen MR) is 117 cm³/mol. The lowest BCUT2D eigenvalue weighted by Gasteiger charge is -2.30. The van der Waals surface area contributed by atoms with Gasteiger partial charge in [0.15, 0.2) is 5.13 Å². The van der Waals surface area contributed by atoms with Crippen molar-refractivity contribution in [1.82, 2.24) is 4.98 Å². The van der Waals surface area contributed by atoms with Crippen LogP contribution in [-0.4, -0.2) is 18.1 Å². The molecule has 0 aromatic carbocycles. The Labute approximate surface area is 165 Å². The van der Waals surface area contributed by atoms with Crippen LogP contribution in [0.5, 0.6) is 0 Å². The summed E-state index contributed by atoms with van der Waals surface area (Å²) < 4.78 is 0. The van der Waals surface area contributed by atoms with Crippen molar-refractivity contribution in [3.05, 3.63) is 22.9 Å². The van der Waals surface area contributed by atoms with Gasteiger partial charge in [0.1, 0.15) is 0 Å². The summed E-state index contributed by atoms with van der Waals surface area (Å²) in [5, 5.41) is 3.46. The predicted octanol–water partition coefficient (Wildman–Crippen LogP) is 7.32. The second-order valence-electron chi connectivity index (χ2n) is 8.49. The molecule has 0 amide bonds. The van der Waals surface area contributed by atoms with Gasteiger partial charge in [-0.1, -0.05) is 53.9 Å². The van der Waals surface area contributed by atoms with Crippen molar-refractivity contribution in [3.63, 3.8) is 0 Å². The van der Waals surface area contributed by atoms with Crippen LogP contribution in [0.4, 0.5) is 5.13 Å². The highest BCUT2D eigenvalue weighted by molar-refractivity contribution is 7.13. The molecule has 1 aromatic heterocycles. The van der Waals surface area contributed by atoms with Crippen molar-refractivity contribution in [1.29, 1.82) is 0 Å². The van der Waals surface area contributed by atoms with Crippen LogP contribution in [0.2, 0.25) is 0 Å². The zero-order chi connectivity index (χ0) is 19.0. The van der Waals surface area contributed by atoms with E-state index in [-0.39, 0.29) is 5.41 Å². The van der Waals surface area contributed by atoms with Gasteiger partial charge in [-0.05, 0) is 44.1 Å². The van der Waals surface area contributed by atoms with Crippen molar-refractivity contribution < 1.29 is 0 Å². The fourth-order valence-corrected chi connectivity index (χ4v) is 4.82. The SMILES string of the molecule is CCCCCC1(C)CCCC=C=C1c1csc(N(CCC)CC(C)C)n1. The number of hydrogen-bond donors (Lipinski definition) is 0. The molecule has 1 aromatic rings. The molecule has 1 aliphatic rings. The molecule has 26 heavy (non-hydrogen) atoms. The van der Waals surface area contributed by atoms with Gasteiger partial charge >= 0.3 is 0 Å². The second-order valence-corrected chi connectivity index (χ2v) is 9.33. The molecular formula is C23H38N2S. The van der Waals surface area contributed by atoms with E-state index < -0.39 is 0 Å². The Bertz CT molecular complexity index is 609. The Kier molecular flexibility index (Phi) is 8.44. The first-order chi connectivity index (χ1) is 12.5. The largest absolute Gasteiger partial charge is 0.348 e. The summed E-state index contributed by atoms with van der Waals surface area (Å²) in [5.74, 6) is 0.658. The molecule has 1 atom stereocenters. The average Bonchev–Trinajstić information content (AvgIpc) is 2.99. The topological polar surface area (TPSA) is 16.1 Å². The third kappa shape index (κ3) is 5.72. The van der Waals surface area contributed by atoms with E-state index in [9.17, 15) is 0 Å². The van der Waals surface area contributed by atoms with Gasteiger partial charge in [0.25, 0.3) is 0 Å². The first kappa shape index (κ1) is 21.3.